The number of carbonyl (C=O) groups is 2. The maximum atomic E-state index is 12.2. The third-order valence-corrected chi connectivity index (χ3v) is 5.26. The minimum absolute atomic E-state index is 0.0859. The molecule has 1 aliphatic heterocycles. The predicted molar refractivity (Wildman–Crippen MR) is 85.0 cm³/mol. The normalized spacial score (nSPS) is 21.4. The Hall–Kier alpha value is -0.980. The molecular weight excluding hydrogens is 383 g/mol. The summed E-state index contributed by atoms with van der Waals surface area (Å²) < 4.78 is 0.632. The number of amides is 2. The molecule has 1 aromatic rings. The summed E-state index contributed by atoms with van der Waals surface area (Å²) in [7, 11) is 0. The van der Waals surface area contributed by atoms with Crippen molar-refractivity contribution in [3.05, 3.63) is 26.7 Å². The van der Waals surface area contributed by atoms with Crippen molar-refractivity contribution in [2.75, 3.05) is 18.4 Å². The monoisotopic (exact) mass is 394 g/mol. The van der Waals surface area contributed by atoms with E-state index in [1.165, 1.54) is 4.90 Å². The van der Waals surface area contributed by atoms with Gasteiger partial charge in [-0.3, -0.25) is 4.79 Å². The van der Waals surface area contributed by atoms with Crippen LogP contribution in [-0.2, 0) is 4.79 Å². The van der Waals surface area contributed by atoms with E-state index < -0.39 is 11.9 Å². The van der Waals surface area contributed by atoms with Crippen LogP contribution in [0.3, 0.4) is 0 Å². The molecule has 0 spiro atoms. The molecule has 2 unspecified atom stereocenters. The predicted octanol–water partition coefficient (Wildman–Crippen LogP) is 3.94. The van der Waals surface area contributed by atoms with Crippen LogP contribution in [-0.4, -0.2) is 35.1 Å². The first kappa shape index (κ1) is 16.4. The van der Waals surface area contributed by atoms with Gasteiger partial charge < -0.3 is 15.3 Å². The quantitative estimate of drug-likeness (QED) is 0.745. The Morgan fingerprint density at radius 2 is 2.00 bits per heavy atom. The largest absolute Gasteiger partial charge is 0.481 e. The van der Waals surface area contributed by atoms with Gasteiger partial charge in [-0.2, -0.15) is 0 Å². The number of carbonyl (C=O) groups excluding carboxylic acids is 1. The SMILES string of the molecule is CC1CN(C(=O)Nc2ccc(Br)c(Cl)c2Cl)CC1C(=O)O. The molecular formula is C13H13BrCl2N2O3. The van der Waals surface area contributed by atoms with Gasteiger partial charge >= 0.3 is 12.0 Å². The van der Waals surface area contributed by atoms with Crippen LogP contribution < -0.4 is 5.32 Å². The van der Waals surface area contributed by atoms with Crippen molar-refractivity contribution in [2.45, 2.75) is 6.92 Å². The first-order valence-corrected chi connectivity index (χ1v) is 7.78. The lowest BCUT2D eigenvalue weighted by molar-refractivity contribution is -0.142. The van der Waals surface area contributed by atoms with Crippen molar-refractivity contribution in [1.29, 1.82) is 0 Å². The van der Waals surface area contributed by atoms with Crippen LogP contribution >= 0.6 is 39.1 Å². The fraction of sp³-hybridized carbons (Fsp3) is 0.385. The Kier molecular flexibility index (Phi) is 5.01. The highest BCUT2D eigenvalue weighted by Crippen LogP contribution is 2.36. The number of hydrogen-bond donors (Lipinski definition) is 2. The first-order chi connectivity index (χ1) is 9.81. The average Bonchev–Trinajstić information content (AvgIpc) is 2.82. The second kappa shape index (κ2) is 6.42. The van der Waals surface area contributed by atoms with Crippen LogP contribution in [0, 0.1) is 11.8 Å². The zero-order chi connectivity index (χ0) is 15.7. The standard InChI is InChI=1S/C13H13BrCl2N2O3/c1-6-4-18(5-7(6)12(19)20)13(21)17-9-3-2-8(14)10(15)11(9)16/h2-3,6-7H,4-5H2,1H3,(H,17,21)(H,19,20). The summed E-state index contributed by atoms with van der Waals surface area (Å²) in [5.41, 5.74) is 0.390. The maximum Gasteiger partial charge on any atom is 0.321 e. The molecule has 0 radical (unpaired) electrons. The van der Waals surface area contributed by atoms with Crippen molar-refractivity contribution >= 4 is 56.8 Å². The van der Waals surface area contributed by atoms with Crippen LogP contribution in [0.15, 0.2) is 16.6 Å². The van der Waals surface area contributed by atoms with E-state index in [-0.39, 0.29) is 23.5 Å². The molecule has 1 fully saturated rings. The van der Waals surface area contributed by atoms with E-state index in [4.69, 9.17) is 28.3 Å². The number of aliphatic carboxylic acids is 1. The number of halogens is 3. The van der Waals surface area contributed by atoms with Gasteiger partial charge in [0.25, 0.3) is 0 Å². The number of benzene rings is 1. The molecule has 0 aliphatic carbocycles. The van der Waals surface area contributed by atoms with Crippen LogP contribution in [0.1, 0.15) is 6.92 Å². The van der Waals surface area contributed by atoms with Crippen molar-refractivity contribution < 1.29 is 14.7 Å². The van der Waals surface area contributed by atoms with Gasteiger partial charge in [0.15, 0.2) is 0 Å². The van der Waals surface area contributed by atoms with Crippen LogP contribution in [0.2, 0.25) is 10.0 Å². The summed E-state index contributed by atoms with van der Waals surface area (Å²) in [6, 6.07) is 2.92. The highest BCUT2D eigenvalue weighted by molar-refractivity contribution is 9.10. The summed E-state index contributed by atoms with van der Waals surface area (Å²) in [5.74, 6) is -1.51. The van der Waals surface area contributed by atoms with Gasteiger partial charge in [-0.15, -0.1) is 0 Å². The number of nitrogens with one attached hydrogen (secondary N) is 1. The number of anilines is 1. The highest BCUT2D eigenvalue weighted by Gasteiger charge is 2.37. The zero-order valence-corrected chi connectivity index (χ0v) is 14.2. The summed E-state index contributed by atoms with van der Waals surface area (Å²) in [6.07, 6.45) is 0. The molecule has 5 nitrogen and oxygen atoms in total. The fourth-order valence-electron chi connectivity index (χ4n) is 2.27. The lowest BCUT2D eigenvalue weighted by atomic mass is 9.99. The third kappa shape index (κ3) is 3.44. The molecule has 114 valence electrons. The van der Waals surface area contributed by atoms with E-state index in [9.17, 15) is 9.59 Å². The topological polar surface area (TPSA) is 69.6 Å². The van der Waals surface area contributed by atoms with E-state index in [1.54, 1.807) is 12.1 Å². The Morgan fingerprint density at radius 1 is 1.33 bits per heavy atom. The molecule has 1 aliphatic rings. The molecule has 2 N–H and O–H groups in total. The molecule has 1 aromatic carbocycles. The van der Waals surface area contributed by atoms with E-state index in [2.05, 4.69) is 21.2 Å². The van der Waals surface area contributed by atoms with Gasteiger partial charge in [-0.05, 0) is 34.0 Å². The summed E-state index contributed by atoms with van der Waals surface area (Å²) in [4.78, 5) is 24.7. The number of rotatable bonds is 2. The molecule has 0 saturated carbocycles. The lowest BCUT2D eigenvalue weighted by Gasteiger charge is -2.18. The van der Waals surface area contributed by atoms with Crippen LogP contribution in [0.25, 0.3) is 0 Å². The number of urea groups is 1. The highest BCUT2D eigenvalue weighted by atomic mass is 79.9. The number of nitrogens with zero attached hydrogens (tertiary/aromatic N) is 1. The van der Waals surface area contributed by atoms with E-state index >= 15 is 0 Å². The second-order valence-electron chi connectivity index (χ2n) is 4.98. The van der Waals surface area contributed by atoms with Gasteiger partial charge in [0.2, 0.25) is 0 Å². The smallest absolute Gasteiger partial charge is 0.321 e. The van der Waals surface area contributed by atoms with E-state index in [0.717, 1.165) is 0 Å². The van der Waals surface area contributed by atoms with Gasteiger partial charge in [-0.1, -0.05) is 30.1 Å². The average molecular weight is 396 g/mol. The minimum Gasteiger partial charge on any atom is -0.481 e. The van der Waals surface area contributed by atoms with Crippen molar-refractivity contribution in [3.63, 3.8) is 0 Å². The molecule has 0 aromatic heterocycles. The Morgan fingerprint density at radius 3 is 2.57 bits per heavy atom. The van der Waals surface area contributed by atoms with Gasteiger partial charge in [0.1, 0.15) is 0 Å². The number of likely N-dealkylation sites (tertiary alicyclic amines) is 1. The Labute approximate surface area is 140 Å². The number of carboxylic acids is 1. The number of carboxylic acid groups (broad SMARTS) is 1. The van der Waals surface area contributed by atoms with Gasteiger partial charge in [-0.25, -0.2) is 4.79 Å². The van der Waals surface area contributed by atoms with Crippen molar-refractivity contribution in [1.82, 2.24) is 4.90 Å². The molecule has 2 rings (SSSR count). The molecule has 2 amide bonds. The fourth-order valence-corrected chi connectivity index (χ4v) is 3.09. The van der Waals surface area contributed by atoms with E-state index in [0.29, 0.717) is 21.7 Å². The van der Waals surface area contributed by atoms with Gasteiger partial charge in [0.05, 0.1) is 21.7 Å². The third-order valence-electron chi connectivity index (χ3n) is 3.49. The zero-order valence-electron chi connectivity index (χ0n) is 11.1. The Bertz CT molecular complexity index is 597. The molecule has 21 heavy (non-hydrogen) atoms. The minimum atomic E-state index is -0.887. The Balaban J connectivity index is 2.10. The van der Waals surface area contributed by atoms with Gasteiger partial charge in [0, 0.05) is 17.6 Å². The maximum absolute atomic E-state index is 12.2. The lowest BCUT2D eigenvalue weighted by Crippen LogP contribution is -2.33. The summed E-state index contributed by atoms with van der Waals surface area (Å²) in [5, 5.41) is 12.3. The molecule has 0 bridgehead atoms. The number of hydrogen-bond acceptors (Lipinski definition) is 2. The molecule has 1 saturated heterocycles. The molecule has 1 heterocycles. The van der Waals surface area contributed by atoms with Crippen LogP contribution in [0.5, 0.6) is 0 Å². The van der Waals surface area contributed by atoms with Crippen LogP contribution in [0.4, 0.5) is 10.5 Å². The molecule has 8 heteroatoms. The van der Waals surface area contributed by atoms with E-state index in [1.807, 2.05) is 6.92 Å². The first-order valence-electron chi connectivity index (χ1n) is 6.23. The second-order valence-corrected chi connectivity index (χ2v) is 6.59. The van der Waals surface area contributed by atoms with Crippen molar-refractivity contribution in [2.24, 2.45) is 11.8 Å². The summed E-state index contributed by atoms with van der Waals surface area (Å²) in [6.45, 7) is 2.39. The summed E-state index contributed by atoms with van der Waals surface area (Å²) >= 11 is 15.3. The molecule has 2 atom stereocenters. The van der Waals surface area contributed by atoms with Crippen molar-refractivity contribution in [3.8, 4) is 0 Å².